The van der Waals surface area contributed by atoms with Gasteiger partial charge in [-0.15, -0.1) is 0 Å². The summed E-state index contributed by atoms with van der Waals surface area (Å²) < 4.78 is 0. The third-order valence-corrected chi connectivity index (χ3v) is 3.46. The Morgan fingerprint density at radius 3 is 2.75 bits per heavy atom. The molecule has 0 saturated heterocycles. The van der Waals surface area contributed by atoms with Crippen LogP contribution in [0.5, 0.6) is 0 Å². The maximum Gasteiger partial charge on any atom is -0.00527 e. The molecule has 0 heteroatoms. The molecule has 8 heavy (non-hydrogen) atoms. The van der Waals surface area contributed by atoms with E-state index in [9.17, 15) is 0 Å². The molecule has 2 saturated carbocycles. The molecule has 0 heterocycles. The first-order valence-corrected chi connectivity index (χ1v) is 3.61. The van der Waals surface area contributed by atoms with Crippen molar-refractivity contribution in [2.75, 3.05) is 0 Å². The van der Waals surface area contributed by atoms with Crippen LogP contribution >= 0.6 is 0 Å². The van der Waals surface area contributed by atoms with Gasteiger partial charge < -0.3 is 0 Å². The highest BCUT2D eigenvalue weighted by Gasteiger charge is 2.69. The third kappa shape index (κ3) is 0.180. The monoisotopic (exact) mass is 106 g/mol. The van der Waals surface area contributed by atoms with E-state index in [0.29, 0.717) is 0 Å². The van der Waals surface area contributed by atoms with E-state index in [-0.39, 0.29) is 0 Å². The van der Waals surface area contributed by atoms with Gasteiger partial charge in [0.15, 0.2) is 0 Å². The van der Waals surface area contributed by atoms with Crippen LogP contribution in [-0.2, 0) is 0 Å². The molecule has 42 valence electrons. The highest BCUT2D eigenvalue weighted by Crippen LogP contribution is 2.76. The molecule has 0 aliphatic heterocycles. The Bertz CT molecular complexity index is 169. The molecule has 0 nitrogen and oxygen atoms in total. The predicted molar refractivity (Wildman–Crippen MR) is 32.4 cm³/mol. The van der Waals surface area contributed by atoms with E-state index < -0.39 is 0 Å². The largest absolute Gasteiger partial charge is 0.0876 e. The average Bonchev–Trinajstić information content (AvgIpc) is 2.20. The summed E-state index contributed by atoms with van der Waals surface area (Å²) in [5.74, 6) is 2.29. The zero-order chi connectivity index (χ0) is 5.19. The number of allylic oxidation sites excluding steroid dienone is 2. The summed E-state index contributed by atoms with van der Waals surface area (Å²) in [6, 6.07) is 0. The molecule has 0 aromatic carbocycles. The molecule has 2 unspecified atom stereocenters. The molecule has 3 atom stereocenters. The molecule has 0 N–H and O–H groups in total. The van der Waals surface area contributed by atoms with Crippen molar-refractivity contribution < 1.29 is 0 Å². The molecular weight excluding hydrogens is 96.1 g/mol. The zero-order valence-electron chi connectivity index (χ0n) is 4.93. The van der Waals surface area contributed by atoms with Gasteiger partial charge in [0.05, 0.1) is 0 Å². The highest BCUT2D eigenvalue weighted by molar-refractivity contribution is 5.31. The van der Waals surface area contributed by atoms with Gasteiger partial charge in [0.25, 0.3) is 0 Å². The van der Waals surface area contributed by atoms with E-state index in [1.807, 2.05) is 0 Å². The van der Waals surface area contributed by atoms with Crippen LogP contribution in [0.4, 0.5) is 0 Å². The first-order chi connectivity index (χ1) is 3.93. The van der Waals surface area contributed by atoms with Crippen LogP contribution < -0.4 is 0 Å². The minimum Gasteiger partial charge on any atom is -0.0876 e. The van der Waals surface area contributed by atoms with Crippen molar-refractivity contribution in [2.45, 2.75) is 19.3 Å². The third-order valence-electron chi connectivity index (χ3n) is 3.46. The SMILES string of the molecule is C1=CC23CCC2[C@H]3C1. The first kappa shape index (κ1) is 3.71. The van der Waals surface area contributed by atoms with Crippen molar-refractivity contribution in [3.05, 3.63) is 12.2 Å². The minimum absolute atomic E-state index is 0.819. The summed E-state index contributed by atoms with van der Waals surface area (Å²) in [7, 11) is 0. The van der Waals surface area contributed by atoms with E-state index in [4.69, 9.17) is 0 Å². The molecule has 0 amide bonds. The molecule has 2 fully saturated rings. The van der Waals surface area contributed by atoms with Gasteiger partial charge in [0.1, 0.15) is 0 Å². The zero-order valence-corrected chi connectivity index (χ0v) is 4.93. The second-order valence-corrected chi connectivity index (χ2v) is 3.50. The lowest BCUT2D eigenvalue weighted by molar-refractivity contribution is 0.369. The Morgan fingerprint density at radius 1 is 1.38 bits per heavy atom. The molecule has 0 radical (unpaired) electrons. The maximum atomic E-state index is 2.48. The van der Waals surface area contributed by atoms with Gasteiger partial charge in [-0.1, -0.05) is 12.2 Å². The lowest BCUT2D eigenvalue weighted by Gasteiger charge is -2.19. The molecular formula is C8H10. The van der Waals surface area contributed by atoms with Crippen molar-refractivity contribution in [2.24, 2.45) is 17.3 Å². The quantitative estimate of drug-likeness (QED) is 0.414. The van der Waals surface area contributed by atoms with Crippen LogP contribution in [0.25, 0.3) is 0 Å². The Kier molecular flexibility index (Phi) is 0.367. The van der Waals surface area contributed by atoms with Crippen molar-refractivity contribution in [3.8, 4) is 0 Å². The van der Waals surface area contributed by atoms with Gasteiger partial charge in [-0.25, -0.2) is 0 Å². The predicted octanol–water partition coefficient (Wildman–Crippen LogP) is 1.97. The lowest BCUT2D eigenvalue weighted by Crippen LogP contribution is -2.09. The van der Waals surface area contributed by atoms with Gasteiger partial charge in [0.2, 0.25) is 0 Å². The van der Waals surface area contributed by atoms with E-state index in [0.717, 1.165) is 17.3 Å². The van der Waals surface area contributed by atoms with E-state index in [1.54, 1.807) is 0 Å². The maximum absolute atomic E-state index is 2.48. The van der Waals surface area contributed by atoms with Crippen molar-refractivity contribution in [1.82, 2.24) is 0 Å². The Balaban J connectivity index is 2.11. The van der Waals surface area contributed by atoms with Gasteiger partial charge in [0, 0.05) is 0 Å². The lowest BCUT2D eigenvalue weighted by atomic mass is 9.85. The fourth-order valence-corrected chi connectivity index (χ4v) is 2.81. The summed E-state index contributed by atoms with van der Waals surface area (Å²) in [4.78, 5) is 0. The normalized spacial score (nSPS) is 64.0. The van der Waals surface area contributed by atoms with Crippen LogP contribution in [0.3, 0.4) is 0 Å². The topological polar surface area (TPSA) is 0 Å². The van der Waals surface area contributed by atoms with Crippen molar-refractivity contribution in [3.63, 3.8) is 0 Å². The highest BCUT2D eigenvalue weighted by atomic mass is 14.7. The van der Waals surface area contributed by atoms with Crippen molar-refractivity contribution >= 4 is 0 Å². The second kappa shape index (κ2) is 0.792. The van der Waals surface area contributed by atoms with Crippen LogP contribution in [0.1, 0.15) is 19.3 Å². The molecule has 1 spiro atoms. The van der Waals surface area contributed by atoms with Gasteiger partial charge in [-0.05, 0) is 36.5 Å². The average molecular weight is 106 g/mol. The number of hydrogen-bond donors (Lipinski definition) is 0. The molecule has 0 aromatic heterocycles. The number of rotatable bonds is 0. The van der Waals surface area contributed by atoms with Gasteiger partial charge in [-0.2, -0.15) is 0 Å². The van der Waals surface area contributed by atoms with Crippen LogP contribution in [0.15, 0.2) is 12.2 Å². The molecule has 3 aliphatic carbocycles. The smallest absolute Gasteiger partial charge is 0.00527 e. The summed E-state index contributed by atoms with van der Waals surface area (Å²) in [6.07, 6.45) is 9.31. The fraction of sp³-hybridized carbons (Fsp3) is 0.750. The van der Waals surface area contributed by atoms with Crippen LogP contribution in [0, 0.1) is 17.3 Å². The first-order valence-electron chi connectivity index (χ1n) is 3.61. The Labute approximate surface area is 49.6 Å². The minimum atomic E-state index is 0.819. The second-order valence-electron chi connectivity index (χ2n) is 3.50. The number of fused-ring (bicyclic) bond motifs is 1. The van der Waals surface area contributed by atoms with Crippen molar-refractivity contribution in [1.29, 1.82) is 0 Å². The molecule has 3 aliphatic rings. The van der Waals surface area contributed by atoms with E-state index in [1.165, 1.54) is 19.3 Å². The molecule has 0 bridgehead atoms. The van der Waals surface area contributed by atoms with E-state index in [2.05, 4.69) is 12.2 Å². The summed E-state index contributed by atoms with van der Waals surface area (Å²) in [6.45, 7) is 0. The van der Waals surface area contributed by atoms with Gasteiger partial charge in [-0.3, -0.25) is 0 Å². The van der Waals surface area contributed by atoms with Crippen LogP contribution in [0.2, 0.25) is 0 Å². The molecule has 0 aromatic rings. The molecule has 3 rings (SSSR count). The van der Waals surface area contributed by atoms with Gasteiger partial charge >= 0.3 is 0 Å². The summed E-state index contributed by atoms with van der Waals surface area (Å²) >= 11 is 0. The summed E-state index contributed by atoms with van der Waals surface area (Å²) in [5, 5.41) is 0. The van der Waals surface area contributed by atoms with Crippen LogP contribution in [-0.4, -0.2) is 0 Å². The Morgan fingerprint density at radius 2 is 2.38 bits per heavy atom. The number of hydrogen-bond acceptors (Lipinski definition) is 0. The Hall–Kier alpha value is -0.260. The summed E-state index contributed by atoms with van der Waals surface area (Å²) in [5.41, 5.74) is 0.819. The fourth-order valence-electron chi connectivity index (χ4n) is 2.81. The standard InChI is InChI=1S/C8H10/c1-2-6-7-3-5-8(6,7)4-1/h1,4,6-7H,2-3,5H2/t6-,7?,8?/m1/s1. The van der Waals surface area contributed by atoms with E-state index >= 15 is 0 Å².